The summed E-state index contributed by atoms with van der Waals surface area (Å²) in [6, 6.07) is 4.21. The van der Waals surface area contributed by atoms with E-state index in [4.69, 9.17) is 4.74 Å². The van der Waals surface area contributed by atoms with Crippen LogP contribution in [0, 0.1) is 11.3 Å². The normalized spacial score (nSPS) is 30.5. The molecule has 0 amide bonds. The van der Waals surface area contributed by atoms with Crippen LogP contribution in [0.5, 0.6) is 5.75 Å². The van der Waals surface area contributed by atoms with E-state index in [0.717, 1.165) is 31.2 Å². The third kappa shape index (κ3) is 3.07. The summed E-state index contributed by atoms with van der Waals surface area (Å²) in [5.41, 5.74) is 3.70. The van der Waals surface area contributed by atoms with Gasteiger partial charge in [-0.3, -0.25) is 4.79 Å². The van der Waals surface area contributed by atoms with Crippen molar-refractivity contribution < 1.29 is 14.6 Å². The maximum atomic E-state index is 11.5. The fraction of sp³-hybridized carbons (Fsp3) is 0.682. The summed E-state index contributed by atoms with van der Waals surface area (Å²) in [6.07, 6.45) is 3.93. The molecule has 0 saturated heterocycles. The molecular weight excluding hydrogens is 312 g/mol. The van der Waals surface area contributed by atoms with Crippen molar-refractivity contribution in [3.05, 3.63) is 28.8 Å². The number of aromatic hydroxyl groups is 1. The molecule has 138 valence electrons. The van der Waals surface area contributed by atoms with Gasteiger partial charge in [-0.05, 0) is 71.1 Å². The highest BCUT2D eigenvalue weighted by atomic mass is 16.5. The van der Waals surface area contributed by atoms with Crippen LogP contribution in [0.4, 0.5) is 0 Å². The number of esters is 1. The molecule has 0 aromatic heterocycles. The first-order valence-electron chi connectivity index (χ1n) is 9.58. The maximum absolute atomic E-state index is 11.5. The van der Waals surface area contributed by atoms with Crippen LogP contribution in [0.1, 0.15) is 83.4 Å². The second kappa shape index (κ2) is 6.03. The Hall–Kier alpha value is -1.51. The quantitative estimate of drug-likeness (QED) is 0.760. The van der Waals surface area contributed by atoms with Gasteiger partial charge < -0.3 is 9.84 Å². The lowest BCUT2D eigenvalue weighted by atomic mass is 9.49. The highest BCUT2D eigenvalue weighted by Crippen LogP contribution is 2.58. The fourth-order valence-electron chi connectivity index (χ4n) is 5.76. The van der Waals surface area contributed by atoms with Crippen molar-refractivity contribution in [3.8, 4) is 5.75 Å². The molecular formula is C22H32O3. The molecule has 2 aliphatic rings. The van der Waals surface area contributed by atoms with Crippen molar-refractivity contribution in [1.29, 1.82) is 0 Å². The van der Waals surface area contributed by atoms with E-state index < -0.39 is 0 Å². The van der Waals surface area contributed by atoms with E-state index in [2.05, 4.69) is 40.7 Å². The number of hydrogen-bond donors (Lipinski definition) is 1. The summed E-state index contributed by atoms with van der Waals surface area (Å²) < 4.78 is 5.65. The van der Waals surface area contributed by atoms with Crippen LogP contribution in [0.15, 0.2) is 12.1 Å². The summed E-state index contributed by atoms with van der Waals surface area (Å²) in [5, 5.41) is 10.6. The van der Waals surface area contributed by atoms with Gasteiger partial charge in [0.2, 0.25) is 0 Å². The maximum Gasteiger partial charge on any atom is 0.302 e. The molecule has 25 heavy (non-hydrogen) atoms. The molecule has 2 aliphatic carbocycles. The topological polar surface area (TPSA) is 46.5 Å². The summed E-state index contributed by atoms with van der Waals surface area (Å²) in [6.45, 7) is 12.7. The van der Waals surface area contributed by atoms with Crippen LogP contribution in [0.25, 0.3) is 0 Å². The van der Waals surface area contributed by atoms with Gasteiger partial charge in [0.25, 0.3) is 0 Å². The zero-order chi connectivity index (χ0) is 18.6. The summed E-state index contributed by atoms with van der Waals surface area (Å²) in [5.74, 6) is 1.05. The average molecular weight is 344 g/mol. The molecule has 3 atom stereocenters. The van der Waals surface area contributed by atoms with Gasteiger partial charge in [-0.1, -0.05) is 40.7 Å². The number of fused-ring (bicyclic) bond motifs is 3. The fourth-order valence-corrected chi connectivity index (χ4v) is 5.76. The molecule has 1 N–H and O–H groups in total. The van der Waals surface area contributed by atoms with Gasteiger partial charge in [-0.25, -0.2) is 0 Å². The van der Waals surface area contributed by atoms with Crippen LogP contribution >= 0.6 is 0 Å². The second-order valence-corrected chi connectivity index (χ2v) is 9.36. The van der Waals surface area contributed by atoms with E-state index in [1.165, 1.54) is 18.1 Å². The molecule has 3 nitrogen and oxygen atoms in total. The van der Waals surface area contributed by atoms with E-state index in [-0.39, 0.29) is 22.9 Å². The molecule has 0 heterocycles. The molecule has 1 aromatic rings. The minimum Gasteiger partial charge on any atom is -0.508 e. The zero-order valence-corrected chi connectivity index (χ0v) is 16.5. The Labute approximate surface area is 151 Å². The number of rotatable bonds is 2. The lowest BCUT2D eigenvalue weighted by molar-refractivity contribution is -0.154. The standard InChI is InChI=1S/C22H32O3/c1-13(2)17-9-15-7-8-20-21(4,5)11-16(25-14(3)23)12-22(20,6)18(15)10-19(17)24/h9-10,13,16,20,24H,7-8,11-12H2,1-6H3/t16-,20+,22-/m1/s1. The van der Waals surface area contributed by atoms with Gasteiger partial charge in [0.1, 0.15) is 11.9 Å². The number of carbonyl (C=O) groups excluding carboxylic acids is 1. The van der Waals surface area contributed by atoms with E-state index in [0.29, 0.717) is 17.6 Å². The van der Waals surface area contributed by atoms with Gasteiger partial charge in [0.15, 0.2) is 0 Å². The molecule has 0 radical (unpaired) electrons. The van der Waals surface area contributed by atoms with Crippen molar-refractivity contribution in [2.24, 2.45) is 11.3 Å². The molecule has 1 saturated carbocycles. The predicted molar refractivity (Wildman–Crippen MR) is 99.9 cm³/mol. The van der Waals surface area contributed by atoms with Crippen LogP contribution in [-0.4, -0.2) is 17.2 Å². The van der Waals surface area contributed by atoms with Gasteiger partial charge in [-0.2, -0.15) is 0 Å². The van der Waals surface area contributed by atoms with E-state index in [9.17, 15) is 9.90 Å². The Bertz CT molecular complexity index is 689. The molecule has 0 spiro atoms. The molecule has 0 unspecified atom stereocenters. The first kappa shape index (κ1) is 18.3. The van der Waals surface area contributed by atoms with Crippen molar-refractivity contribution in [1.82, 2.24) is 0 Å². The smallest absolute Gasteiger partial charge is 0.302 e. The SMILES string of the molecule is CC(=O)O[C@@H]1CC(C)(C)[C@@H]2CCc3cc(C(C)C)c(O)cc3[C@@]2(C)C1. The zero-order valence-electron chi connectivity index (χ0n) is 16.5. The molecule has 1 aromatic carbocycles. The van der Waals surface area contributed by atoms with Gasteiger partial charge >= 0.3 is 5.97 Å². The predicted octanol–water partition coefficient (Wildman–Crippen LogP) is 5.09. The van der Waals surface area contributed by atoms with Crippen LogP contribution in [0.2, 0.25) is 0 Å². The highest BCUT2D eigenvalue weighted by molar-refractivity contribution is 5.66. The lowest BCUT2D eigenvalue weighted by Crippen LogP contribution is -2.52. The summed E-state index contributed by atoms with van der Waals surface area (Å²) in [4.78, 5) is 11.5. The minimum absolute atomic E-state index is 0.0494. The van der Waals surface area contributed by atoms with E-state index in [1.54, 1.807) is 0 Å². The average Bonchev–Trinajstić information content (AvgIpc) is 2.44. The van der Waals surface area contributed by atoms with Crippen molar-refractivity contribution in [2.45, 2.75) is 84.7 Å². The highest BCUT2D eigenvalue weighted by Gasteiger charge is 2.53. The number of aryl methyl sites for hydroxylation is 1. The number of phenolic OH excluding ortho intramolecular Hbond substituents is 1. The second-order valence-electron chi connectivity index (χ2n) is 9.36. The van der Waals surface area contributed by atoms with Crippen molar-refractivity contribution in [2.75, 3.05) is 0 Å². The Morgan fingerprint density at radius 3 is 2.52 bits per heavy atom. The Balaban J connectivity index is 2.08. The Kier molecular flexibility index (Phi) is 4.41. The van der Waals surface area contributed by atoms with Crippen LogP contribution in [0.3, 0.4) is 0 Å². The molecule has 0 bridgehead atoms. The van der Waals surface area contributed by atoms with Crippen molar-refractivity contribution in [3.63, 3.8) is 0 Å². The third-order valence-electron chi connectivity index (χ3n) is 6.64. The monoisotopic (exact) mass is 344 g/mol. The molecule has 1 fully saturated rings. The van der Waals surface area contributed by atoms with Crippen LogP contribution < -0.4 is 0 Å². The number of benzene rings is 1. The molecule has 3 heteroatoms. The van der Waals surface area contributed by atoms with E-state index >= 15 is 0 Å². The first-order valence-corrected chi connectivity index (χ1v) is 9.58. The van der Waals surface area contributed by atoms with Crippen molar-refractivity contribution >= 4 is 5.97 Å². The van der Waals surface area contributed by atoms with Gasteiger partial charge in [0.05, 0.1) is 0 Å². The largest absolute Gasteiger partial charge is 0.508 e. The number of phenols is 1. The molecule has 3 rings (SSSR count). The first-order chi connectivity index (χ1) is 11.5. The Morgan fingerprint density at radius 1 is 1.24 bits per heavy atom. The van der Waals surface area contributed by atoms with Crippen LogP contribution in [-0.2, 0) is 21.4 Å². The van der Waals surface area contributed by atoms with E-state index in [1.807, 2.05) is 6.07 Å². The molecule has 0 aliphatic heterocycles. The number of hydrogen-bond acceptors (Lipinski definition) is 3. The van der Waals surface area contributed by atoms with Gasteiger partial charge in [-0.15, -0.1) is 0 Å². The van der Waals surface area contributed by atoms with Gasteiger partial charge in [0, 0.05) is 6.92 Å². The minimum atomic E-state index is -0.197. The lowest BCUT2D eigenvalue weighted by Gasteiger charge is -2.56. The number of ether oxygens (including phenoxy) is 1. The number of carbonyl (C=O) groups is 1. The summed E-state index contributed by atoms with van der Waals surface area (Å²) in [7, 11) is 0. The Morgan fingerprint density at radius 2 is 1.92 bits per heavy atom. The summed E-state index contributed by atoms with van der Waals surface area (Å²) >= 11 is 0. The third-order valence-corrected chi connectivity index (χ3v) is 6.64.